The first-order chi connectivity index (χ1) is 9.08. The molecule has 0 saturated carbocycles. The van der Waals surface area contributed by atoms with Crippen LogP contribution in [0.5, 0.6) is 0 Å². The van der Waals surface area contributed by atoms with Crippen molar-refractivity contribution in [3.05, 3.63) is 35.4 Å². The molecule has 4 nitrogen and oxygen atoms in total. The average Bonchev–Trinajstić information content (AvgIpc) is 2.38. The molecule has 0 heterocycles. The van der Waals surface area contributed by atoms with E-state index in [2.05, 4.69) is 0 Å². The Balaban J connectivity index is 2.61. The molecule has 19 heavy (non-hydrogen) atoms. The molecular weight excluding hydrogens is 244 g/mol. The van der Waals surface area contributed by atoms with Crippen LogP contribution >= 0.6 is 0 Å². The Bertz CT molecular complexity index is 440. The molecule has 1 unspecified atom stereocenters. The Morgan fingerprint density at radius 3 is 2.53 bits per heavy atom. The summed E-state index contributed by atoms with van der Waals surface area (Å²) in [6.07, 6.45) is 0.349. The lowest BCUT2D eigenvalue weighted by Gasteiger charge is -2.14. The van der Waals surface area contributed by atoms with Crippen LogP contribution in [0.3, 0.4) is 0 Å². The van der Waals surface area contributed by atoms with Crippen molar-refractivity contribution in [3.63, 3.8) is 0 Å². The highest BCUT2D eigenvalue weighted by molar-refractivity contribution is 5.91. The molecule has 0 bridgehead atoms. The molecule has 1 atom stereocenters. The first-order valence-corrected chi connectivity index (χ1v) is 6.53. The molecule has 4 heteroatoms. The van der Waals surface area contributed by atoms with Crippen LogP contribution < -0.4 is 0 Å². The predicted octanol–water partition coefficient (Wildman–Crippen LogP) is 2.75. The van der Waals surface area contributed by atoms with Gasteiger partial charge in [0.25, 0.3) is 0 Å². The van der Waals surface area contributed by atoms with Gasteiger partial charge >= 0.3 is 11.9 Å². The number of aryl methyl sites for hydroxylation is 1. The largest absolute Gasteiger partial charge is 0.466 e. The normalized spacial score (nSPS) is 11.7. The fraction of sp³-hybridized carbons (Fsp3) is 0.467. The third kappa shape index (κ3) is 4.73. The first-order valence-electron chi connectivity index (χ1n) is 6.53. The van der Waals surface area contributed by atoms with Gasteiger partial charge in [-0.1, -0.05) is 25.1 Å². The van der Waals surface area contributed by atoms with E-state index in [1.165, 1.54) is 0 Å². The molecule has 0 amide bonds. The molecule has 0 aromatic heterocycles. The highest BCUT2D eigenvalue weighted by Gasteiger charge is 2.17. The number of ether oxygens (including phenoxy) is 2. The van der Waals surface area contributed by atoms with Gasteiger partial charge in [-0.05, 0) is 31.9 Å². The monoisotopic (exact) mass is 264 g/mol. The fourth-order valence-corrected chi connectivity index (χ4v) is 1.77. The minimum absolute atomic E-state index is 0.0773. The van der Waals surface area contributed by atoms with Crippen LogP contribution in [0.15, 0.2) is 24.3 Å². The topological polar surface area (TPSA) is 52.6 Å². The van der Waals surface area contributed by atoms with E-state index in [0.717, 1.165) is 12.0 Å². The van der Waals surface area contributed by atoms with E-state index in [0.29, 0.717) is 12.2 Å². The number of hydrogen-bond donors (Lipinski definition) is 0. The van der Waals surface area contributed by atoms with Crippen LogP contribution in [-0.4, -0.2) is 24.6 Å². The molecule has 0 radical (unpaired) electrons. The summed E-state index contributed by atoms with van der Waals surface area (Å²) in [5.74, 6) is -0.749. The van der Waals surface area contributed by atoms with Gasteiger partial charge in [0.2, 0.25) is 0 Å². The highest BCUT2D eigenvalue weighted by Crippen LogP contribution is 2.13. The van der Waals surface area contributed by atoms with E-state index in [9.17, 15) is 9.59 Å². The van der Waals surface area contributed by atoms with E-state index >= 15 is 0 Å². The number of esters is 2. The van der Waals surface area contributed by atoms with Gasteiger partial charge in [0, 0.05) is 0 Å². The van der Waals surface area contributed by atoms with Gasteiger partial charge in [0.1, 0.15) is 6.10 Å². The summed E-state index contributed by atoms with van der Waals surface area (Å²) < 4.78 is 10.1. The zero-order valence-corrected chi connectivity index (χ0v) is 11.6. The lowest BCUT2D eigenvalue weighted by molar-refractivity contribution is -0.145. The standard InChI is InChI=1S/C15H20O4/c1-4-12-8-6-7-9-13(12)15(17)19-11(3)10-14(16)18-5-2/h6-9,11H,4-5,10H2,1-3H3. The summed E-state index contributed by atoms with van der Waals surface area (Å²) in [6, 6.07) is 7.31. The predicted molar refractivity (Wildman–Crippen MR) is 71.9 cm³/mol. The second-order valence-electron chi connectivity index (χ2n) is 4.24. The molecule has 0 aliphatic rings. The molecule has 104 valence electrons. The Hall–Kier alpha value is -1.84. The summed E-state index contributed by atoms with van der Waals surface area (Å²) in [6.45, 7) is 5.74. The van der Waals surface area contributed by atoms with Gasteiger partial charge in [-0.15, -0.1) is 0 Å². The summed E-state index contributed by atoms with van der Waals surface area (Å²) in [7, 11) is 0. The zero-order valence-electron chi connectivity index (χ0n) is 11.6. The molecule has 0 N–H and O–H groups in total. The van der Waals surface area contributed by atoms with Crippen molar-refractivity contribution < 1.29 is 19.1 Å². The Kier molecular flexibility index (Phi) is 6.06. The second kappa shape index (κ2) is 7.56. The lowest BCUT2D eigenvalue weighted by atomic mass is 10.1. The van der Waals surface area contributed by atoms with Crippen molar-refractivity contribution in [3.8, 4) is 0 Å². The molecule has 1 aromatic rings. The molecule has 1 rings (SSSR count). The summed E-state index contributed by atoms with van der Waals surface area (Å²) in [5.41, 5.74) is 1.50. The Labute approximate surface area is 113 Å². The maximum Gasteiger partial charge on any atom is 0.338 e. The first kappa shape index (κ1) is 15.2. The number of carbonyl (C=O) groups is 2. The van der Waals surface area contributed by atoms with Crippen LogP contribution in [0.25, 0.3) is 0 Å². The maximum absolute atomic E-state index is 12.0. The van der Waals surface area contributed by atoms with E-state index in [1.54, 1.807) is 26.0 Å². The van der Waals surface area contributed by atoms with E-state index in [4.69, 9.17) is 9.47 Å². The maximum atomic E-state index is 12.0. The number of carbonyl (C=O) groups excluding carboxylic acids is 2. The third-order valence-electron chi connectivity index (χ3n) is 2.69. The van der Waals surface area contributed by atoms with E-state index in [1.807, 2.05) is 19.1 Å². The number of hydrogen-bond acceptors (Lipinski definition) is 4. The molecule has 1 aromatic carbocycles. The molecule has 0 fully saturated rings. The summed E-state index contributed by atoms with van der Waals surface area (Å²) in [5, 5.41) is 0. The van der Waals surface area contributed by atoms with E-state index < -0.39 is 12.1 Å². The van der Waals surface area contributed by atoms with E-state index in [-0.39, 0.29) is 12.4 Å². The molecule has 0 spiro atoms. The summed E-state index contributed by atoms with van der Waals surface area (Å²) in [4.78, 5) is 23.3. The van der Waals surface area contributed by atoms with Gasteiger partial charge < -0.3 is 9.47 Å². The van der Waals surface area contributed by atoms with Crippen LogP contribution in [0, 0.1) is 0 Å². The SMILES string of the molecule is CCOC(=O)CC(C)OC(=O)c1ccccc1CC. The number of rotatable bonds is 6. The van der Waals surface area contributed by atoms with Crippen molar-refractivity contribution in [1.82, 2.24) is 0 Å². The van der Waals surface area contributed by atoms with Crippen molar-refractivity contribution in [2.75, 3.05) is 6.61 Å². The van der Waals surface area contributed by atoms with Crippen LogP contribution in [0.1, 0.15) is 43.1 Å². The van der Waals surface area contributed by atoms with Crippen LogP contribution in [0.2, 0.25) is 0 Å². The molecular formula is C15H20O4. The Morgan fingerprint density at radius 1 is 1.21 bits per heavy atom. The second-order valence-corrected chi connectivity index (χ2v) is 4.24. The van der Waals surface area contributed by atoms with Crippen molar-refractivity contribution in [1.29, 1.82) is 0 Å². The quantitative estimate of drug-likeness (QED) is 0.741. The van der Waals surface area contributed by atoms with Gasteiger partial charge in [-0.2, -0.15) is 0 Å². The number of benzene rings is 1. The Morgan fingerprint density at radius 2 is 1.89 bits per heavy atom. The summed E-state index contributed by atoms with van der Waals surface area (Å²) >= 11 is 0. The van der Waals surface area contributed by atoms with Crippen molar-refractivity contribution >= 4 is 11.9 Å². The van der Waals surface area contributed by atoms with Gasteiger partial charge in [-0.25, -0.2) is 4.79 Å². The van der Waals surface area contributed by atoms with Crippen LogP contribution in [0.4, 0.5) is 0 Å². The highest BCUT2D eigenvalue weighted by atomic mass is 16.6. The zero-order chi connectivity index (χ0) is 14.3. The lowest BCUT2D eigenvalue weighted by Crippen LogP contribution is -2.20. The molecule has 0 aliphatic heterocycles. The van der Waals surface area contributed by atoms with Crippen LogP contribution in [-0.2, 0) is 20.7 Å². The molecule has 0 aliphatic carbocycles. The molecule has 0 saturated heterocycles. The van der Waals surface area contributed by atoms with Gasteiger partial charge in [0.05, 0.1) is 18.6 Å². The van der Waals surface area contributed by atoms with Crippen molar-refractivity contribution in [2.45, 2.75) is 39.7 Å². The third-order valence-corrected chi connectivity index (χ3v) is 2.69. The minimum atomic E-state index is -0.489. The van der Waals surface area contributed by atoms with Crippen molar-refractivity contribution in [2.24, 2.45) is 0 Å². The average molecular weight is 264 g/mol. The minimum Gasteiger partial charge on any atom is -0.466 e. The smallest absolute Gasteiger partial charge is 0.338 e. The van der Waals surface area contributed by atoms with Gasteiger partial charge in [0.15, 0.2) is 0 Å². The fourth-order valence-electron chi connectivity index (χ4n) is 1.77. The van der Waals surface area contributed by atoms with Gasteiger partial charge in [-0.3, -0.25) is 4.79 Å².